The molecule has 2 amide bonds. The average Bonchev–Trinajstić information content (AvgIpc) is 2.85. The van der Waals surface area contributed by atoms with Crippen molar-refractivity contribution in [2.45, 2.75) is 116 Å². The number of Topliss-reactive ketones (excluding diaryl/α,β-unsaturated/α-hetero) is 1. The number of imide groups is 1. The predicted octanol–water partition coefficient (Wildman–Crippen LogP) is 4.47. The first kappa shape index (κ1) is 33.4. The second-order valence-corrected chi connectivity index (χ2v) is 11.1. The Hall–Kier alpha value is -2.58. The molecular weight excluding hydrogens is 482 g/mol. The van der Waals surface area contributed by atoms with Gasteiger partial charge in [-0.25, -0.2) is 4.79 Å². The lowest BCUT2D eigenvalue weighted by atomic mass is 9.77. The molecule has 0 bridgehead atoms. The van der Waals surface area contributed by atoms with Crippen LogP contribution < -0.4 is 11.5 Å². The van der Waals surface area contributed by atoms with E-state index >= 15 is 0 Å². The summed E-state index contributed by atoms with van der Waals surface area (Å²) in [4.78, 5) is 54.9. The molecule has 0 heterocycles. The number of ketones is 1. The molecule has 0 aliphatic heterocycles. The molecule has 1 aromatic rings. The fourth-order valence-corrected chi connectivity index (χ4v) is 4.95. The summed E-state index contributed by atoms with van der Waals surface area (Å²) in [7, 11) is 0. The van der Waals surface area contributed by atoms with E-state index in [1.807, 2.05) is 19.9 Å². The topological polar surface area (TPSA) is 144 Å². The molecular formula is C30H49N3O5. The fraction of sp³-hybridized carbons (Fsp3) is 0.667. The van der Waals surface area contributed by atoms with Crippen molar-refractivity contribution >= 4 is 23.6 Å². The first-order valence-electron chi connectivity index (χ1n) is 14.1. The molecule has 0 spiro atoms. The molecule has 0 saturated carbocycles. The summed E-state index contributed by atoms with van der Waals surface area (Å²) in [5.41, 5.74) is 10.8. The third kappa shape index (κ3) is 9.02. The molecule has 8 heteroatoms. The number of unbranched alkanes of at least 4 members (excludes halogenated alkanes) is 6. The minimum absolute atomic E-state index is 0.0191. The van der Waals surface area contributed by atoms with Gasteiger partial charge in [-0.15, -0.1) is 0 Å². The number of aliphatic carboxylic acids is 1. The first-order valence-corrected chi connectivity index (χ1v) is 14.1. The Labute approximate surface area is 228 Å². The van der Waals surface area contributed by atoms with Crippen LogP contribution in [0.2, 0.25) is 0 Å². The van der Waals surface area contributed by atoms with Gasteiger partial charge >= 0.3 is 5.97 Å². The van der Waals surface area contributed by atoms with Crippen LogP contribution in [0.3, 0.4) is 0 Å². The smallest absolute Gasteiger partial charge is 0.338 e. The van der Waals surface area contributed by atoms with Gasteiger partial charge in [0.05, 0.1) is 12.1 Å². The van der Waals surface area contributed by atoms with Gasteiger partial charge in [-0.2, -0.15) is 0 Å². The quantitative estimate of drug-likeness (QED) is 0.187. The number of carboxylic acids is 1. The molecule has 214 valence electrons. The highest BCUT2D eigenvalue weighted by Crippen LogP contribution is 2.32. The molecule has 0 radical (unpaired) electrons. The zero-order valence-electron chi connectivity index (χ0n) is 23.9. The Morgan fingerprint density at radius 2 is 1.37 bits per heavy atom. The maximum Gasteiger partial charge on any atom is 0.338 e. The summed E-state index contributed by atoms with van der Waals surface area (Å²) in [6.45, 7) is 8.98. The Bertz CT molecular complexity index is 902. The van der Waals surface area contributed by atoms with Gasteiger partial charge in [0.2, 0.25) is 17.4 Å². The third-order valence-electron chi connectivity index (χ3n) is 7.05. The van der Waals surface area contributed by atoms with Crippen LogP contribution in [0.15, 0.2) is 30.3 Å². The Balaban J connectivity index is 3.39. The zero-order chi connectivity index (χ0) is 28.9. The highest BCUT2D eigenvalue weighted by atomic mass is 16.4. The van der Waals surface area contributed by atoms with Gasteiger partial charge in [0.1, 0.15) is 0 Å². The van der Waals surface area contributed by atoms with Gasteiger partial charge < -0.3 is 16.6 Å². The molecule has 0 aliphatic carbocycles. The number of benzene rings is 1. The van der Waals surface area contributed by atoms with Crippen molar-refractivity contribution in [3.8, 4) is 0 Å². The summed E-state index contributed by atoms with van der Waals surface area (Å²) in [6, 6.07) is 6.65. The Kier molecular flexibility index (Phi) is 14.4. The highest BCUT2D eigenvalue weighted by molar-refractivity contribution is 6.16. The zero-order valence-corrected chi connectivity index (χ0v) is 23.9. The number of nitrogens with zero attached hydrogens (tertiary/aromatic N) is 1. The van der Waals surface area contributed by atoms with Crippen LogP contribution in [-0.4, -0.2) is 51.2 Å². The Morgan fingerprint density at radius 1 is 0.842 bits per heavy atom. The predicted molar refractivity (Wildman–Crippen MR) is 150 cm³/mol. The number of nitrogens with two attached hydrogens (primary N) is 2. The monoisotopic (exact) mass is 531 g/mol. The second kappa shape index (κ2) is 16.4. The molecule has 3 unspecified atom stereocenters. The largest absolute Gasteiger partial charge is 0.479 e. The molecule has 38 heavy (non-hydrogen) atoms. The van der Waals surface area contributed by atoms with Gasteiger partial charge in [-0.3, -0.25) is 19.3 Å². The van der Waals surface area contributed by atoms with Gasteiger partial charge in [0, 0.05) is 6.42 Å². The maximum absolute atomic E-state index is 13.8. The van der Waals surface area contributed by atoms with Crippen LogP contribution in [0, 0.1) is 11.8 Å². The van der Waals surface area contributed by atoms with Crippen molar-refractivity contribution in [2.75, 3.05) is 0 Å². The number of hydrogen-bond donors (Lipinski definition) is 3. The van der Waals surface area contributed by atoms with Crippen LogP contribution in [0.5, 0.6) is 0 Å². The summed E-state index contributed by atoms with van der Waals surface area (Å²) in [5, 5.41) is 10.5. The number of carboxylic acid groups (broad SMARTS) is 1. The van der Waals surface area contributed by atoms with Gasteiger partial charge in [-0.05, 0) is 36.7 Å². The van der Waals surface area contributed by atoms with Crippen molar-refractivity contribution in [1.29, 1.82) is 0 Å². The van der Waals surface area contributed by atoms with Crippen molar-refractivity contribution in [3.05, 3.63) is 35.9 Å². The van der Waals surface area contributed by atoms with Crippen molar-refractivity contribution in [3.63, 3.8) is 0 Å². The molecule has 0 saturated heterocycles. The van der Waals surface area contributed by atoms with Gasteiger partial charge in [0.25, 0.3) is 0 Å². The minimum atomic E-state index is -2.39. The lowest BCUT2D eigenvalue weighted by molar-refractivity contribution is -0.175. The average molecular weight is 532 g/mol. The van der Waals surface area contributed by atoms with E-state index in [9.17, 15) is 24.3 Å². The van der Waals surface area contributed by atoms with Gasteiger partial charge in [0.15, 0.2) is 5.78 Å². The molecule has 3 atom stereocenters. The normalized spacial score (nSPS) is 14.7. The SMILES string of the molecule is CCCCCCCCCC(=O)C(C(=O)O)(C(C)C)N(C(=O)C(N)Cc1ccccc1)C(=O)C(N)CC(C)C. The first-order chi connectivity index (χ1) is 17.9. The van der Waals surface area contributed by atoms with E-state index in [1.165, 1.54) is 0 Å². The van der Waals surface area contributed by atoms with Crippen LogP contribution in [0.1, 0.15) is 98.0 Å². The van der Waals surface area contributed by atoms with E-state index in [0.29, 0.717) is 11.3 Å². The van der Waals surface area contributed by atoms with Crippen LogP contribution in [-0.2, 0) is 25.6 Å². The van der Waals surface area contributed by atoms with E-state index in [4.69, 9.17) is 11.5 Å². The molecule has 1 rings (SSSR count). The molecule has 0 aliphatic rings. The van der Waals surface area contributed by atoms with Crippen molar-refractivity contribution in [2.24, 2.45) is 23.3 Å². The lowest BCUT2D eigenvalue weighted by Gasteiger charge is -2.43. The molecule has 5 N–H and O–H groups in total. The fourth-order valence-electron chi connectivity index (χ4n) is 4.95. The van der Waals surface area contributed by atoms with Crippen LogP contribution in [0.4, 0.5) is 0 Å². The maximum atomic E-state index is 13.8. The minimum Gasteiger partial charge on any atom is -0.479 e. The van der Waals surface area contributed by atoms with E-state index in [-0.39, 0.29) is 25.2 Å². The number of rotatable bonds is 18. The lowest BCUT2D eigenvalue weighted by Crippen LogP contribution is -2.71. The molecule has 0 fully saturated rings. The van der Waals surface area contributed by atoms with E-state index in [1.54, 1.807) is 38.1 Å². The van der Waals surface area contributed by atoms with E-state index in [0.717, 1.165) is 44.1 Å². The van der Waals surface area contributed by atoms with Crippen LogP contribution >= 0.6 is 0 Å². The molecule has 1 aromatic carbocycles. The summed E-state index contributed by atoms with van der Waals surface area (Å²) >= 11 is 0. The summed E-state index contributed by atoms with van der Waals surface area (Å²) < 4.78 is 0. The molecule has 8 nitrogen and oxygen atoms in total. The molecule has 0 aromatic heterocycles. The van der Waals surface area contributed by atoms with Crippen LogP contribution in [0.25, 0.3) is 0 Å². The standard InChI is InChI=1S/C30H49N3O5/c1-6-7-8-9-10-11-15-18-26(34)30(22(4)5,29(37)38)33(27(35)24(31)19-21(2)3)28(36)25(32)20-23-16-13-12-14-17-23/h12-14,16-17,21-22,24-25H,6-11,15,18-20,31-32H2,1-5H3,(H,37,38). The Morgan fingerprint density at radius 3 is 1.87 bits per heavy atom. The number of hydrogen-bond acceptors (Lipinski definition) is 6. The van der Waals surface area contributed by atoms with Crippen molar-refractivity contribution in [1.82, 2.24) is 4.90 Å². The summed E-state index contributed by atoms with van der Waals surface area (Å²) in [5.74, 6) is -4.85. The van der Waals surface area contributed by atoms with E-state index in [2.05, 4.69) is 6.92 Å². The van der Waals surface area contributed by atoms with Gasteiger partial charge in [-0.1, -0.05) is 103 Å². The highest BCUT2D eigenvalue weighted by Gasteiger charge is 2.58. The second-order valence-electron chi connectivity index (χ2n) is 11.1. The van der Waals surface area contributed by atoms with Crippen molar-refractivity contribution < 1.29 is 24.3 Å². The summed E-state index contributed by atoms with van der Waals surface area (Å²) in [6.07, 6.45) is 6.93. The third-order valence-corrected chi connectivity index (χ3v) is 7.05. The number of amides is 2. The van der Waals surface area contributed by atoms with E-state index < -0.39 is 47.1 Å². The number of carbonyl (C=O) groups is 4. The number of carbonyl (C=O) groups excluding carboxylic acids is 3.